The lowest BCUT2D eigenvalue weighted by Crippen LogP contribution is -2.46. The third-order valence-electron chi connectivity index (χ3n) is 2.94. The molecule has 0 aliphatic carbocycles. The summed E-state index contributed by atoms with van der Waals surface area (Å²) in [6.45, 7) is 4.79. The van der Waals surface area contributed by atoms with Crippen LogP contribution in [-0.4, -0.2) is 65.2 Å². The summed E-state index contributed by atoms with van der Waals surface area (Å²) in [4.78, 5) is 25.1. The molecule has 0 spiro atoms. The molecule has 6 nitrogen and oxygen atoms in total. The summed E-state index contributed by atoms with van der Waals surface area (Å²) >= 11 is 0. The molecule has 1 rings (SSSR count). The average Bonchev–Trinajstić information content (AvgIpc) is 2.63. The van der Waals surface area contributed by atoms with Gasteiger partial charge in [0.05, 0.1) is 0 Å². The van der Waals surface area contributed by atoms with Gasteiger partial charge in [-0.15, -0.1) is 0 Å². The highest BCUT2D eigenvalue weighted by molar-refractivity contribution is 7.84. The number of carbonyl (C=O) groups is 2. The minimum Gasteiger partial charge on any atom is -0.347 e. The Labute approximate surface area is 110 Å². The maximum Gasteiger partial charge on any atom is 0.311 e. The van der Waals surface area contributed by atoms with Crippen molar-refractivity contribution in [2.24, 2.45) is 0 Å². The van der Waals surface area contributed by atoms with Crippen LogP contribution in [0.2, 0.25) is 0 Å². The quantitative estimate of drug-likeness (QED) is 0.627. The summed E-state index contributed by atoms with van der Waals surface area (Å²) in [5.41, 5.74) is 0. The first-order valence-electron chi connectivity index (χ1n) is 6.12. The van der Waals surface area contributed by atoms with E-state index in [0.717, 1.165) is 13.0 Å². The van der Waals surface area contributed by atoms with Gasteiger partial charge < -0.3 is 15.5 Å². The van der Waals surface area contributed by atoms with Crippen LogP contribution in [0.5, 0.6) is 0 Å². The number of carbonyl (C=O) groups excluding carboxylic acids is 2. The van der Waals surface area contributed by atoms with Crippen molar-refractivity contribution < 1.29 is 13.8 Å². The molecule has 1 heterocycles. The predicted molar refractivity (Wildman–Crippen MR) is 70.6 cm³/mol. The van der Waals surface area contributed by atoms with Crippen molar-refractivity contribution in [1.82, 2.24) is 15.5 Å². The summed E-state index contributed by atoms with van der Waals surface area (Å²) in [5, 5.41) is 5.56. The summed E-state index contributed by atoms with van der Waals surface area (Å²) in [6, 6.07) is 0. The molecule has 0 radical (unpaired) electrons. The fourth-order valence-electron chi connectivity index (χ4n) is 1.62. The number of amides is 2. The molecule has 18 heavy (non-hydrogen) atoms. The number of nitrogens with zero attached hydrogens (tertiary/aromatic N) is 1. The van der Waals surface area contributed by atoms with Crippen molar-refractivity contribution in [2.75, 3.05) is 39.0 Å². The number of hydrogen-bond acceptors (Lipinski definition) is 4. The second-order valence-electron chi connectivity index (χ2n) is 4.41. The van der Waals surface area contributed by atoms with Crippen LogP contribution in [0, 0.1) is 0 Å². The first kappa shape index (κ1) is 15.1. The van der Waals surface area contributed by atoms with E-state index < -0.39 is 22.6 Å². The Morgan fingerprint density at radius 1 is 1.39 bits per heavy atom. The summed E-state index contributed by atoms with van der Waals surface area (Å²) in [6.07, 6.45) is 2.44. The minimum absolute atomic E-state index is 0.146. The van der Waals surface area contributed by atoms with Crippen LogP contribution in [0.3, 0.4) is 0 Å². The third-order valence-corrected chi connectivity index (χ3v) is 4.24. The largest absolute Gasteiger partial charge is 0.347 e. The molecule has 2 unspecified atom stereocenters. The lowest BCUT2D eigenvalue weighted by Gasteiger charge is -2.19. The molecule has 0 saturated carbocycles. The minimum atomic E-state index is -0.997. The Hall–Kier alpha value is -0.950. The second-order valence-corrected chi connectivity index (χ2v) is 6.22. The van der Waals surface area contributed by atoms with E-state index in [1.54, 1.807) is 18.1 Å². The van der Waals surface area contributed by atoms with Crippen molar-refractivity contribution in [2.45, 2.75) is 18.6 Å². The maximum atomic E-state index is 11.8. The molecular weight excluding hydrogens is 254 g/mol. The predicted octanol–water partition coefficient (Wildman–Crippen LogP) is -1.31. The Bertz CT molecular complexity index is 327. The van der Waals surface area contributed by atoms with Crippen molar-refractivity contribution in [3.63, 3.8) is 0 Å². The summed E-state index contributed by atoms with van der Waals surface area (Å²) in [7, 11) is -0.997. The zero-order valence-electron chi connectivity index (χ0n) is 10.9. The Morgan fingerprint density at radius 2 is 2.11 bits per heavy atom. The van der Waals surface area contributed by atoms with Crippen LogP contribution in [0.4, 0.5) is 0 Å². The standard InChI is InChI=1S/C11H21N3O3S/c1-9(18(2)17)8-13-10(15)11(16)14-6-3-4-12-5-7-14/h9,12H,3-8H2,1-2H3,(H,13,15). The molecule has 104 valence electrons. The maximum absolute atomic E-state index is 11.8. The van der Waals surface area contributed by atoms with Gasteiger partial charge in [-0.2, -0.15) is 0 Å². The highest BCUT2D eigenvalue weighted by Crippen LogP contribution is 1.97. The van der Waals surface area contributed by atoms with E-state index in [-0.39, 0.29) is 11.8 Å². The lowest BCUT2D eigenvalue weighted by atomic mass is 10.3. The average molecular weight is 275 g/mol. The molecule has 2 atom stereocenters. The van der Waals surface area contributed by atoms with E-state index in [2.05, 4.69) is 10.6 Å². The van der Waals surface area contributed by atoms with E-state index >= 15 is 0 Å². The lowest BCUT2D eigenvalue weighted by molar-refractivity contribution is -0.145. The van der Waals surface area contributed by atoms with Gasteiger partial charge in [-0.3, -0.25) is 13.8 Å². The first-order chi connectivity index (χ1) is 8.52. The van der Waals surface area contributed by atoms with Gasteiger partial charge in [-0.25, -0.2) is 0 Å². The van der Waals surface area contributed by atoms with Gasteiger partial charge in [0, 0.05) is 48.5 Å². The van der Waals surface area contributed by atoms with Gasteiger partial charge in [-0.1, -0.05) is 0 Å². The first-order valence-corrected chi connectivity index (χ1v) is 7.74. The SMILES string of the molecule is CC(CNC(=O)C(=O)N1CCCNCC1)S(C)=O. The molecule has 2 amide bonds. The molecule has 0 aromatic heterocycles. The Morgan fingerprint density at radius 3 is 2.78 bits per heavy atom. The van der Waals surface area contributed by atoms with E-state index in [0.29, 0.717) is 19.6 Å². The van der Waals surface area contributed by atoms with E-state index in [1.165, 1.54) is 0 Å². The van der Waals surface area contributed by atoms with Gasteiger partial charge in [0.15, 0.2) is 0 Å². The van der Waals surface area contributed by atoms with Crippen LogP contribution < -0.4 is 10.6 Å². The van der Waals surface area contributed by atoms with Gasteiger partial charge in [0.25, 0.3) is 0 Å². The smallest absolute Gasteiger partial charge is 0.311 e. The van der Waals surface area contributed by atoms with Gasteiger partial charge in [-0.05, 0) is 19.9 Å². The van der Waals surface area contributed by atoms with Crippen molar-refractivity contribution in [1.29, 1.82) is 0 Å². The zero-order valence-corrected chi connectivity index (χ0v) is 11.7. The van der Waals surface area contributed by atoms with E-state index in [4.69, 9.17) is 0 Å². The van der Waals surface area contributed by atoms with Gasteiger partial charge in [0.1, 0.15) is 0 Å². The molecule has 0 aromatic carbocycles. The molecule has 0 aromatic rings. The van der Waals surface area contributed by atoms with Crippen LogP contribution in [0.1, 0.15) is 13.3 Å². The van der Waals surface area contributed by atoms with E-state index in [1.807, 2.05) is 0 Å². The van der Waals surface area contributed by atoms with Crippen LogP contribution in [-0.2, 0) is 20.4 Å². The molecule has 2 N–H and O–H groups in total. The number of rotatable bonds is 3. The highest BCUT2D eigenvalue weighted by atomic mass is 32.2. The molecule has 7 heteroatoms. The molecule has 1 aliphatic rings. The fourth-order valence-corrected chi connectivity index (χ4v) is 1.94. The van der Waals surface area contributed by atoms with Gasteiger partial charge in [0.2, 0.25) is 0 Å². The highest BCUT2D eigenvalue weighted by Gasteiger charge is 2.22. The molecule has 1 saturated heterocycles. The van der Waals surface area contributed by atoms with Gasteiger partial charge >= 0.3 is 11.8 Å². The van der Waals surface area contributed by atoms with Crippen LogP contribution in [0.15, 0.2) is 0 Å². The second kappa shape index (κ2) is 7.48. The third kappa shape index (κ3) is 4.73. The van der Waals surface area contributed by atoms with Crippen LogP contribution in [0.25, 0.3) is 0 Å². The van der Waals surface area contributed by atoms with E-state index in [9.17, 15) is 13.8 Å². The molecular formula is C11H21N3O3S. The monoisotopic (exact) mass is 275 g/mol. The normalized spacial score (nSPS) is 19.8. The number of hydrogen-bond donors (Lipinski definition) is 2. The summed E-state index contributed by atoms with van der Waals surface area (Å²) < 4.78 is 11.1. The Kier molecular flexibility index (Phi) is 6.28. The topological polar surface area (TPSA) is 78.5 Å². The van der Waals surface area contributed by atoms with Crippen molar-refractivity contribution in [3.8, 4) is 0 Å². The molecule has 0 bridgehead atoms. The van der Waals surface area contributed by atoms with Crippen molar-refractivity contribution in [3.05, 3.63) is 0 Å². The number of nitrogens with one attached hydrogen (secondary N) is 2. The van der Waals surface area contributed by atoms with Crippen molar-refractivity contribution >= 4 is 22.6 Å². The summed E-state index contributed by atoms with van der Waals surface area (Å²) in [5.74, 6) is -1.10. The fraction of sp³-hybridized carbons (Fsp3) is 0.818. The molecule has 1 fully saturated rings. The zero-order chi connectivity index (χ0) is 13.5. The Balaban J connectivity index is 2.40. The molecule has 1 aliphatic heterocycles. The van der Waals surface area contributed by atoms with Crippen LogP contribution >= 0.6 is 0 Å².